The second-order valence-corrected chi connectivity index (χ2v) is 9.98. The van der Waals surface area contributed by atoms with E-state index in [1.807, 2.05) is 37.3 Å². The van der Waals surface area contributed by atoms with Gasteiger partial charge in [0.15, 0.2) is 0 Å². The number of hydrogen-bond acceptors (Lipinski definition) is 5. The molecule has 33 heavy (non-hydrogen) atoms. The maximum atomic E-state index is 13.6. The van der Waals surface area contributed by atoms with Gasteiger partial charge in [-0.25, -0.2) is 0 Å². The fraction of sp³-hybridized carbons (Fsp3) is 0.577. The lowest BCUT2D eigenvalue weighted by Crippen LogP contribution is -2.56. The highest BCUT2D eigenvalue weighted by Gasteiger charge is 2.69. The van der Waals surface area contributed by atoms with Crippen LogP contribution in [0.25, 0.3) is 11.0 Å². The summed E-state index contributed by atoms with van der Waals surface area (Å²) in [7, 11) is 0. The molecule has 2 amide bonds. The molecule has 0 bridgehead atoms. The molecule has 5 rings (SSSR count). The van der Waals surface area contributed by atoms with Crippen molar-refractivity contribution in [3.8, 4) is 0 Å². The van der Waals surface area contributed by atoms with Gasteiger partial charge in [-0.1, -0.05) is 63.6 Å². The number of carbonyl (C=O) groups is 3. The highest BCUT2D eigenvalue weighted by Crippen LogP contribution is 2.52. The first-order valence-electron chi connectivity index (χ1n) is 12.3. The van der Waals surface area contributed by atoms with Crippen molar-refractivity contribution in [2.75, 3.05) is 6.54 Å². The number of rotatable bonds is 7. The van der Waals surface area contributed by atoms with Gasteiger partial charge in [-0.2, -0.15) is 0 Å². The van der Waals surface area contributed by atoms with E-state index in [9.17, 15) is 19.5 Å². The second kappa shape index (κ2) is 8.60. The van der Waals surface area contributed by atoms with Crippen LogP contribution in [-0.4, -0.2) is 39.9 Å². The molecule has 176 valence electrons. The zero-order valence-electron chi connectivity index (χ0n) is 19.1. The molecule has 7 nitrogen and oxygen atoms in total. The molecule has 1 aromatic carbocycles. The molecule has 2 aliphatic heterocycles. The van der Waals surface area contributed by atoms with Gasteiger partial charge in [0.05, 0.1) is 17.9 Å². The van der Waals surface area contributed by atoms with Crippen LogP contribution < -0.4 is 5.32 Å². The SMILES string of the molecule is CCCCN1C(=O)C2C(c3cc4ccccc4o3)NC(CC3CCCCC3)(C(=O)O)C2C1=O. The van der Waals surface area contributed by atoms with E-state index in [0.717, 1.165) is 37.5 Å². The summed E-state index contributed by atoms with van der Waals surface area (Å²) in [6, 6.07) is 8.79. The van der Waals surface area contributed by atoms with Gasteiger partial charge in [0, 0.05) is 11.9 Å². The van der Waals surface area contributed by atoms with Crippen molar-refractivity contribution in [3.05, 3.63) is 36.1 Å². The molecule has 4 atom stereocenters. The quantitative estimate of drug-likeness (QED) is 0.609. The molecular weight excluding hydrogens is 420 g/mol. The van der Waals surface area contributed by atoms with Crippen LogP contribution >= 0.6 is 0 Å². The predicted molar refractivity (Wildman–Crippen MR) is 122 cm³/mol. The number of carbonyl (C=O) groups excluding carboxylic acids is 2. The first-order chi connectivity index (χ1) is 16.0. The molecule has 3 aliphatic rings. The zero-order valence-corrected chi connectivity index (χ0v) is 19.1. The monoisotopic (exact) mass is 452 g/mol. The molecule has 1 saturated carbocycles. The van der Waals surface area contributed by atoms with Crippen LogP contribution in [0, 0.1) is 17.8 Å². The summed E-state index contributed by atoms with van der Waals surface area (Å²) in [5.41, 5.74) is -0.783. The Hall–Kier alpha value is -2.67. The minimum Gasteiger partial charge on any atom is -0.480 e. The van der Waals surface area contributed by atoms with E-state index in [1.165, 1.54) is 11.3 Å². The number of hydrogen-bond donors (Lipinski definition) is 2. The van der Waals surface area contributed by atoms with E-state index >= 15 is 0 Å². The molecule has 3 heterocycles. The molecule has 0 radical (unpaired) electrons. The van der Waals surface area contributed by atoms with Crippen LogP contribution in [0.15, 0.2) is 34.7 Å². The summed E-state index contributed by atoms with van der Waals surface area (Å²) in [6.07, 6.45) is 7.18. The fourth-order valence-electron chi connectivity index (χ4n) is 6.32. The van der Waals surface area contributed by atoms with Crippen molar-refractivity contribution in [1.29, 1.82) is 0 Å². The van der Waals surface area contributed by atoms with E-state index in [0.29, 0.717) is 30.7 Å². The Balaban J connectivity index is 1.58. The first-order valence-corrected chi connectivity index (χ1v) is 12.3. The number of nitrogens with one attached hydrogen (secondary N) is 1. The van der Waals surface area contributed by atoms with E-state index in [4.69, 9.17) is 4.42 Å². The van der Waals surface area contributed by atoms with E-state index in [2.05, 4.69) is 5.32 Å². The molecule has 1 aromatic heterocycles. The average molecular weight is 453 g/mol. The van der Waals surface area contributed by atoms with Gasteiger partial charge < -0.3 is 9.52 Å². The number of aliphatic carboxylic acids is 1. The highest BCUT2D eigenvalue weighted by atomic mass is 16.4. The lowest BCUT2D eigenvalue weighted by atomic mass is 9.72. The molecular formula is C26H32N2O5. The van der Waals surface area contributed by atoms with Crippen molar-refractivity contribution in [1.82, 2.24) is 10.2 Å². The number of amides is 2. The third-order valence-electron chi connectivity index (χ3n) is 7.95. The summed E-state index contributed by atoms with van der Waals surface area (Å²) in [5, 5.41) is 14.7. The lowest BCUT2D eigenvalue weighted by Gasteiger charge is -2.35. The van der Waals surface area contributed by atoms with Crippen LogP contribution in [0.3, 0.4) is 0 Å². The number of carboxylic acid groups (broad SMARTS) is 1. The fourth-order valence-corrected chi connectivity index (χ4v) is 6.32. The maximum absolute atomic E-state index is 13.6. The Labute approximate surface area is 193 Å². The molecule has 4 unspecified atom stereocenters. The van der Waals surface area contributed by atoms with E-state index < -0.39 is 29.4 Å². The van der Waals surface area contributed by atoms with Crippen LogP contribution in [-0.2, 0) is 14.4 Å². The second-order valence-electron chi connectivity index (χ2n) is 9.98. The summed E-state index contributed by atoms with van der Waals surface area (Å²) in [5.74, 6) is -2.60. The molecule has 2 aromatic rings. The molecule has 1 aliphatic carbocycles. The van der Waals surface area contributed by atoms with Crippen molar-refractivity contribution in [2.45, 2.75) is 69.9 Å². The summed E-state index contributed by atoms with van der Waals surface area (Å²) >= 11 is 0. The number of nitrogens with zero attached hydrogens (tertiary/aromatic N) is 1. The van der Waals surface area contributed by atoms with Crippen molar-refractivity contribution >= 4 is 28.8 Å². The largest absolute Gasteiger partial charge is 0.480 e. The predicted octanol–water partition coefficient (Wildman–Crippen LogP) is 4.27. The molecule has 2 N–H and O–H groups in total. The van der Waals surface area contributed by atoms with E-state index in [-0.39, 0.29) is 17.7 Å². The van der Waals surface area contributed by atoms with Gasteiger partial charge in [0.25, 0.3) is 0 Å². The van der Waals surface area contributed by atoms with Crippen LogP contribution in [0.5, 0.6) is 0 Å². The van der Waals surface area contributed by atoms with Gasteiger partial charge in [-0.3, -0.25) is 24.6 Å². The van der Waals surface area contributed by atoms with Gasteiger partial charge in [0.1, 0.15) is 16.9 Å². The van der Waals surface area contributed by atoms with Crippen LogP contribution in [0.2, 0.25) is 0 Å². The number of benzene rings is 1. The van der Waals surface area contributed by atoms with Gasteiger partial charge in [0.2, 0.25) is 11.8 Å². The van der Waals surface area contributed by atoms with Crippen molar-refractivity contribution < 1.29 is 23.9 Å². The molecule has 7 heteroatoms. The highest BCUT2D eigenvalue weighted by molar-refractivity contribution is 6.09. The standard InChI is InChI=1S/C26H32N2O5/c1-2-3-13-28-23(29)20-21(24(28)30)26(25(31)32,15-16-9-5-4-6-10-16)27-22(20)19-14-17-11-7-8-12-18(17)33-19/h7-8,11-12,14,16,20-22,27H,2-6,9-10,13,15H2,1H3,(H,31,32). The number of para-hydroxylation sites is 1. The smallest absolute Gasteiger partial charge is 0.324 e. The van der Waals surface area contributed by atoms with Gasteiger partial charge >= 0.3 is 5.97 Å². The summed E-state index contributed by atoms with van der Waals surface area (Å²) < 4.78 is 6.09. The number of unbranched alkanes of at least 4 members (excludes halogenated alkanes) is 1. The number of likely N-dealkylation sites (tertiary alicyclic amines) is 1. The molecule has 3 fully saturated rings. The van der Waals surface area contributed by atoms with E-state index in [1.54, 1.807) is 0 Å². The Morgan fingerprint density at radius 2 is 1.94 bits per heavy atom. The first kappa shape index (κ1) is 22.1. The maximum Gasteiger partial charge on any atom is 0.324 e. The minimum atomic E-state index is -1.47. The van der Waals surface area contributed by atoms with Crippen molar-refractivity contribution in [2.24, 2.45) is 17.8 Å². The number of carboxylic acids is 1. The van der Waals surface area contributed by atoms with Gasteiger partial charge in [-0.15, -0.1) is 0 Å². The van der Waals surface area contributed by atoms with Crippen LogP contribution in [0.1, 0.15) is 70.1 Å². The number of furan rings is 1. The zero-order chi connectivity index (χ0) is 23.2. The number of imide groups is 1. The molecule has 2 saturated heterocycles. The Bertz CT molecular complexity index is 1040. The average Bonchev–Trinajstić information content (AvgIpc) is 3.46. The Morgan fingerprint density at radius 1 is 1.18 bits per heavy atom. The third-order valence-corrected chi connectivity index (χ3v) is 7.95. The topological polar surface area (TPSA) is 99.8 Å². The summed E-state index contributed by atoms with van der Waals surface area (Å²) in [4.78, 5) is 41.3. The van der Waals surface area contributed by atoms with Crippen LogP contribution in [0.4, 0.5) is 0 Å². The summed E-state index contributed by atoms with van der Waals surface area (Å²) in [6.45, 7) is 2.35. The molecule has 0 spiro atoms. The normalized spacial score (nSPS) is 30.3. The van der Waals surface area contributed by atoms with Gasteiger partial charge in [-0.05, 0) is 30.9 Å². The Morgan fingerprint density at radius 3 is 2.64 bits per heavy atom. The number of fused-ring (bicyclic) bond motifs is 2. The lowest BCUT2D eigenvalue weighted by molar-refractivity contribution is -0.152. The Kier molecular flexibility index (Phi) is 5.77. The minimum absolute atomic E-state index is 0.227. The third kappa shape index (κ3) is 3.57. The van der Waals surface area contributed by atoms with Crippen molar-refractivity contribution in [3.63, 3.8) is 0 Å².